The average molecular weight is 271 g/mol. The van der Waals surface area contributed by atoms with Crippen molar-refractivity contribution < 1.29 is 5.11 Å². The number of aliphatic hydroxyl groups excluding tert-OH is 1. The van der Waals surface area contributed by atoms with Crippen molar-refractivity contribution in [3.8, 4) is 0 Å². The van der Waals surface area contributed by atoms with Crippen molar-refractivity contribution in [2.75, 3.05) is 11.9 Å². The molecule has 0 aliphatic heterocycles. The van der Waals surface area contributed by atoms with Crippen molar-refractivity contribution in [1.82, 2.24) is 9.97 Å². The maximum atomic E-state index is 9.06. The van der Waals surface area contributed by atoms with E-state index < -0.39 is 0 Å². The zero-order valence-electron chi connectivity index (χ0n) is 12.0. The first-order valence-corrected chi connectivity index (χ1v) is 6.93. The van der Waals surface area contributed by atoms with Crippen LogP contribution in [0.25, 0.3) is 0 Å². The number of hydrogen-bond donors (Lipinski definition) is 2. The summed E-state index contributed by atoms with van der Waals surface area (Å²) in [7, 11) is 0. The zero-order valence-corrected chi connectivity index (χ0v) is 12.0. The monoisotopic (exact) mass is 271 g/mol. The van der Waals surface area contributed by atoms with Gasteiger partial charge in [-0.3, -0.25) is 0 Å². The van der Waals surface area contributed by atoms with Crippen LogP contribution in [0.5, 0.6) is 0 Å². The van der Waals surface area contributed by atoms with Gasteiger partial charge >= 0.3 is 0 Å². The van der Waals surface area contributed by atoms with Crippen molar-refractivity contribution in [2.24, 2.45) is 0 Å². The van der Waals surface area contributed by atoms with Gasteiger partial charge in [-0.05, 0) is 38.3 Å². The third-order valence-electron chi connectivity index (χ3n) is 3.14. The average Bonchev–Trinajstić information content (AvgIpc) is 2.43. The van der Waals surface area contributed by atoms with Crippen LogP contribution in [0, 0.1) is 13.8 Å². The summed E-state index contributed by atoms with van der Waals surface area (Å²) in [5, 5.41) is 12.4. The van der Waals surface area contributed by atoms with E-state index in [1.807, 2.05) is 38.1 Å². The summed E-state index contributed by atoms with van der Waals surface area (Å²) in [6, 6.07) is 12.3. The molecule has 0 aliphatic rings. The maximum absolute atomic E-state index is 9.06. The van der Waals surface area contributed by atoms with E-state index >= 15 is 0 Å². The number of aliphatic hydroxyl groups is 1. The molecular formula is C16H21N3O. The number of benzene rings is 1. The van der Waals surface area contributed by atoms with Gasteiger partial charge in [0.25, 0.3) is 0 Å². The molecule has 0 saturated heterocycles. The molecule has 0 radical (unpaired) electrons. The van der Waals surface area contributed by atoms with Crippen molar-refractivity contribution in [2.45, 2.75) is 32.7 Å². The molecular weight excluding hydrogens is 250 g/mol. The van der Waals surface area contributed by atoms with Crippen LogP contribution in [0.2, 0.25) is 0 Å². The predicted octanol–water partition coefficient (Wildman–Crippen LogP) is 3.02. The summed E-state index contributed by atoms with van der Waals surface area (Å²) in [6.07, 6.45) is 1.59. The number of aromatic nitrogens is 2. The Hall–Kier alpha value is -1.94. The second kappa shape index (κ2) is 7.01. The molecule has 2 N–H and O–H groups in total. The van der Waals surface area contributed by atoms with Gasteiger partial charge in [0, 0.05) is 18.0 Å². The van der Waals surface area contributed by atoms with Crippen LogP contribution in [0.3, 0.4) is 0 Å². The molecule has 1 heterocycles. The Kier molecular flexibility index (Phi) is 5.07. The van der Waals surface area contributed by atoms with Gasteiger partial charge in [0.15, 0.2) is 0 Å². The summed E-state index contributed by atoms with van der Waals surface area (Å²) in [6.45, 7) is 4.12. The third-order valence-corrected chi connectivity index (χ3v) is 3.14. The molecule has 20 heavy (non-hydrogen) atoms. The predicted molar refractivity (Wildman–Crippen MR) is 80.6 cm³/mol. The molecule has 4 heteroatoms. The molecule has 1 aromatic heterocycles. The first-order chi connectivity index (χ1) is 9.69. The van der Waals surface area contributed by atoms with Crippen molar-refractivity contribution in [3.63, 3.8) is 0 Å². The number of hydrogen-bond acceptors (Lipinski definition) is 4. The minimum atomic E-state index is 0.115. The van der Waals surface area contributed by atoms with Gasteiger partial charge in [-0.15, -0.1) is 0 Å². The molecule has 0 amide bonds. The van der Waals surface area contributed by atoms with Crippen molar-refractivity contribution in [1.29, 1.82) is 0 Å². The Bertz CT molecular complexity index is 522. The van der Waals surface area contributed by atoms with Gasteiger partial charge in [0.2, 0.25) is 5.95 Å². The Morgan fingerprint density at radius 3 is 2.35 bits per heavy atom. The Labute approximate surface area is 119 Å². The summed E-state index contributed by atoms with van der Waals surface area (Å²) in [5.41, 5.74) is 3.09. The van der Waals surface area contributed by atoms with Gasteiger partial charge in [0.1, 0.15) is 0 Å². The molecule has 0 bridgehead atoms. The normalized spacial score (nSPS) is 12.2. The number of aryl methyl sites for hydroxylation is 2. The maximum Gasteiger partial charge on any atom is 0.223 e. The van der Waals surface area contributed by atoms with Gasteiger partial charge in [-0.1, -0.05) is 30.3 Å². The molecule has 2 rings (SSSR count). The lowest BCUT2D eigenvalue weighted by Crippen LogP contribution is -2.14. The largest absolute Gasteiger partial charge is 0.396 e. The smallest absolute Gasteiger partial charge is 0.223 e. The topological polar surface area (TPSA) is 58.0 Å². The molecule has 4 nitrogen and oxygen atoms in total. The molecule has 1 unspecified atom stereocenters. The summed E-state index contributed by atoms with van der Waals surface area (Å²) < 4.78 is 0. The van der Waals surface area contributed by atoms with Crippen LogP contribution >= 0.6 is 0 Å². The number of anilines is 1. The van der Waals surface area contributed by atoms with E-state index in [0.29, 0.717) is 5.95 Å². The van der Waals surface area contributed by atoms with Crippen LogP contribution in [-0.4, -0.2) is 21.7 Å². The summed E-state index contributed by atoms with van der Waals surface area (Å²) in [5.74, 6) is 0.647. The van der Waals surface area contributed by atoms with Crippen LogP contribution in [0.15, 0.2) is 36.4 Å². The second-order valence-electron chi connectivity index (χ2n) is 4.95. The van der Waals surface area contributed by atoms with Gasteiger partial charge in [-0.2, -0.15) is 0 Å². The van der Waals surface area contributed by atoms with Gasteiger partial charge in [0.05, 0.1) is 6.04 Å². The Balaban J connectivity index is 2.19. The third kappa shape index (κ3) is 4.03. The van der Waals surface area contributed by atoms with E-state index in [-0.39, 0.29) is 12.6 Å². The highest BCUT2D eigenvalue weighted by Gasteiger charge is 2.12. The van der Waals surface area contributed by atoms with Gasteiger partial charge < -0.3 is 10.4 Å². The number of nitrogens with one attached hydrogen (secondary N) is 1. The lowest BCUT2D eigenvalue weighted by molar-refractivity contribution is 0.281. The number of nitrogens with zero attached hydrogens (tertiary/aromatic N) is 2. The number of rotatable bonds is 6. The molecule has 0 saturated carbocycles. The van der Waals surface area contributed by atoms with Crippen LogP contribution in [0.4, 0.5) is 5.95 Å². The summed E-state index contributed by atoms with van der Waals surface area (Å²) in [4.78, 5) is 8.85. The molecule has 1 atom stereocenters. The highest BCUT2D eigenvalue weighted by atomic mass is 16.2. The quantitative estimate of drug-likeness (QED) is 0.848. The van der Waals surface area contributed by atoms with Crippen LogP contribution in [0.1, 0.15) is 35.8 Å². The lowest BCUT2D eigenvalue weighted by atomic mass is 10.0. The van der Waals surface area contributed by atoms with E-state index in [1.165, 1.54) is 5.56 Å². The first kappa shape index (κ1) is 14.5. The van der Waals surface area contributed by atoms with Crippen LogP contribution < -0.4 is 5.32 Å². The second-order valence-corrected chi connectivity index (χ2v) is 4.95. The zero-order chi connectivity index (χ0) is 14.4. The Morgan fingerprint density at radius 2 is 1.75 bits per heavy atom. The SMILES string of the molecule is Cc1cc(C)nc(NC(CCCO)c2ccccc2)n1. The standard InChI is InChI=1S/C16H21N3O/c1-12-11-13(2)18-16(17-12)19-15(9-6-10-20)14-7-4-3-5-8-14/h3-5,7-8,11,15,20H,6,9-10H2,1-2H3,(H,17,18,19). The lowest BCUT2D eigenvalue weighted by Gasteiger charge is -2.19. The van der Waals surface area contributed by atoms with Gasteiger partial charge in [-0.25, -0.2) is 9.97 Å². The fourth-order valence-corrected chi connectivity index (χ4v) is 2.25. The van der Waals surface area contributed by atoms with E-state index in [2.05, 4.69) is 27.4 Å². The fraction of sp³-hybridized carbons (Fsp3) is 0.375. The van der Waals surface area contributed by atoms with E-state index in [4.69, 9.17) is 5.11 Å². The van der Waals surface area contributed by atoms with Crippen molar-refractivity contribution in [3.05, 3.63) is 53.3 Å². The molecule has 1 aromatic carbocycles. The fourth-order valence-electron chi connectivity index (χ4n) is 2.25. The van der Waals surface area contributed by atoms with E-state index in [9.17, 15) is 0 Å². The molecule has 0 aliphatic carbocycles. The minimum absolute atomic E-state index is 0.115. The molecule has 0 spiro atoms. The Morgan fingerprint density at radius 1 is 1.10 bits per heavy atom. The minimum Gasteiger partial charge on any atom is -0.396 e. The van der Waals surface area contributed by atoms with E-state index in [0.717, 1.165) is 24.2 Å². The highest BCUT2D eigenvalue weighted by molar-refractivity contribution is 5.33. The molecule has 2 aromatic rings. The molecule has 106 valence electrons. The highest BCUT2D eigenvalue weighted by Crippen LogP contribution is 2.22. The summed E-state index contributed by atoms with van der Waals surface area (Å²) >= 11 is 0. The molecule has 0 fully saturated rings. The first-order valence-electron chi connectivity index (χ1n) is 6.93. The van der Waals surface area contributed by atoms with Crippen LogP contribution in [-0.2, 0) is 0 Å². The van der Waals surface area contributed by atoms with E-state index in [1.54, 1.807) is 0 Å². The van der Waals surface area contributed by atoms with Crippen molar-refractivity contribution >= 4 is 5.95 Å².